The molecular weight excluding hydrogens is 276 g/mol. The van der Waals surface area contributed by atoms with Gasteiger partial charge in [0.1, 0.15) is 0 Å². The summed E-state index contributed by atoms with van der Waals surface area (Å²) in [6.45, 7) is 0.993. The average Bonchev–Trinajstić information content (AvgIpc) is 2.47. The molecule has 0 aliphatic carbocycles. The maximum atomic E-state index is 11.2. The molecule has 3 N–H and O–H groups in total. The predicted octanol–water partition coefficient (Wildman–Crippen LogP) is 1.62. The van der Waals surface area contributed by atoms with Crippen molar-refractivity contribution in [2.75, 3.05) is 13.1 Å². The summed E-state index contributed by atoms with van der Waals surface area (Å²) in [7, 11) is 0. The number of nitrogens with two attached hydrogens (primary N) is 1. The van der Waals surface area contributed by atoms with E-state index in [0.29, 0.717) is 18.0 Å². The second-order valence-electron chi connectivity index (χ2n) is 2.17. The van der Waals surface area contributed by atoms with Crippen molar-refractivity contribution >= 4 is 45.6 Å². The Balaban J connectivity index is 0.00000144. The van der Waals surface area contributed by atoms with Crippen LogP contribution in [0.3, 0.4) is 0 Å². The van der Waals surface area contributed by atoms with E-state index in [1.807, 2.05) is 5.38 Å². The minimum absolute atomic E-state index is 0. The molecule has 1 aromatic rings. The van der Waals surface area contributed by atoms with E-state index in [9.17, 15) is 4.79 Å². The summed E-state index contributed by atoms with van der Waals surface area (Å²) < 4.78 is 0.936. The van der Waals surface area contributed by atoms with Gasteiger partial charge in [0.05, 0.1) is 4.88 Å². The highest BCUT2D eigenvalue weighted by Gasteiger charge is 2.06. The van der Waals surface area contributed by atoms with Crippen LogP contribution in [0.5, 0.6) is 0 Å². The third-order valence-corrected chi connectivity index (χ3v) is 2.91. The van der Waals surface area contributed by atoms with Crippen LogP contribution in [0.2, 0.25) is 0 Å². The second-order valence-corrected chi connectivity index (χ2v) is 4.00. The fourth-order valence-electron chi connectivity index (χ4n) is 0.705. The quantitative estimate of drug-likeness (QED) is 0.887. The molecule has 0 spiro atoms. The molecular formula is C7H10BrClN2OS. The van der Waals surface area contributed by atoms with Gasteiger partial charge in [0.15, 0.2) is 0 Å². The van der Waals surface area contributed by atoms with Gasteiger partial charge in [-0.1, -0.05) is 0 Å². The fraction of sp³-hybridized carbons (Fsp3) is 0.286. The number of halogens is 2. The maximum absolute atomic E-state index is 11.2. The average molecular weight is 286 g/mol. The number of nitrogens with one attached hydrogen (secondary N) is 1. The van der Waals surface area contributed by atoms with E-state index in [4.69, 9.17) is 5.73 Å². The van der Waals surface area contributed by atoms with E-state index in [1.54, 1.807) is 6.07 Å². The van der Waals surface area contributed by atoms with Gasteiger partial charge in [-0.25, -0.2) is 0 Å². The molecule has 1 aromatic heterocycles. The highest BCUT2D eigenvalue weighted by atomic mass is 79.9. The van der Waals surface area contributed by atoms with Crippen molar-refractivity contribution in [2.45, 2.75) is 0 Å². The lowest BCUT2D eigenvalue weighted by Gasteiger charge is -1.98. The zero-order valence-electron chi connectivity index (χ0n) is 6.75. The molecule has 6 heteroatoms. The summed E-state index contributed by atoms with van der Waals surface area (Å²) in [5, 5.41) is 4.56. The molecule has 0 atom stereocenters. The number of hydrogen-bond donors (Lipinski definition) is 2. The van der Waals surface area contributed by atoms with Gasteiger partial charge >= 0.3 is 0 Å². The van der Waals surface area contributed by atoms with E-state index in [-0.39, 0.29) is 18.3 Å². The predicted molar refractivity (Wildman–Crippen MR) is 60.7 cm³/mol. The minimum atomic E-state index is -0.0591. The van der Waals surface area contributed by atoms with Crippen molar-refractivity contribution in [3.63, 3.8) is 0 Å². The summed E-state index contributed by atoms with van der Waals surface area (Å²) in [4.78, 5) is 11.9. The van der Waals surface area contributed by atoms with Crippen molar-refractivity contribution in [1.82, 2.24) is 5.32 Å². The van der Waals surface area contributed by atoms with Gasteiger partial charge in [-0.15, -0.1) is 23.7 Å². The smallest absolute Gasteiger partial charge is 0.261 e. The van der Waals surface area contributed by atoms with E-state index in [1.165, 1.54) is 11.3 Å². The first kappa shape index (κ1) is 12.9. The monoisotopic (exact) mass is 284 g/mol. The lowest BCUT2D eigenvalue weighted by Crippen LogP contribution is -2.28. The van der Waals surface area contributed by atoms with Crippen LogP contribution in [0.1, 0.15) is 9.67 Å². The van der Waals surface area contributed by atoms with E-state index >= 15 is 0 Å². The molecule has 0 aromatic carbocycles. The zero-order valence-corrected chi connectivity index (χ0v) is 9.97. The topological polar surface area (TPSA) is 55.1 Å². The van der Waals surface area contributed by atoms with Crippen molar-refractivity contribution in [2.24, 2.45) is 5.73 Å². The first-order valence-electron chi connectivity index (χ1n) is 3.46. The van der Waals surface area contributed by atoms with Crippen LogP contribution in [0.4, 0.5) is 0 Å². The number of amides is 1. The Hall–Kier alpha value is -0.100. The third-order valence-electron chi connectivity index (χ3n) is 1.22. The fourth-order valence-corrected chi connectivity index (χ4v) is 2.05. The number of thiophene rings is 1. The summed E-state index contributed by atoms with van der Waals surface area (Å²) >= 11 is 4.68. The number of rotatable bonds is 3. The van der Waals surface area contributed by atoms with E-state index in [0.717, 1.165) is 4.47 Å². The first-order chi connectivity index (χ1) is 5.74. The number of carbonyl (C=O) groups is 1. The Bertz CT molecular complexity index is 279. The Kier molecular flexibility index (Phi) is 6.32. The first-order valence-corrected chi connectivity index (χ1v) is 5.13. The van der Waals surface area contributed by atoms with Crippen LogP contribution in [0, 0.1) is 0 Å². The molecule has 0 aliphatic rings. The molecule has 0 bridgehead atoms. The van der Waals surface area contributed by atoms with Crippen LogP contribution in [0.15, 0.2) is 15.9 Å². The van der Waals surface area contributed by atoms with Gasteiger partial charge in [-0.3, -0.25) is 4.79 Å². The molecule has 3 nitrogen and oxygen atoms in total. The lowest BCUT2D eigenvalue weighted by atomic mass is 10.4. The minimum Gasteiger partial charge on any atom is -0.350 e. The van der Waals surface area contributed by atoms with Crippen molar-refractivity contribution in [3.05, 3.63) is 20.8 Å². The maximum Gasteiger partial charge on any atom is 0.261 e. The van der Waals surface area contributed by atoms with E-state index < -0.39 is 0 Å². The summed E-state index contributed by atoms with van der Waals surface area (Å²) in [6, 6.07) is 1.79. The molecule has 1 heterocycles. The Labute approximate surface area is 95.2 Å². The third kappa shape index (κ3) is 4.08. The van der Waals surface area contributed by atoms with Crippen molar-refractivity contribution < 1.29 is 4.79 Å². The highest BCUT2D eigenvalue weighted by Crippen LogP contribution is 2.19. The summed E-state index contributed by atoms with van der Waals surface area (Å²) in [6.07, 6.45) is 0. The van der Waals surface area contributed by atoms with Gasteiger partial charge < -0.3 is 11.1 Å². The van der Waals surface area contributed by atoms with Gasteiger partial charge in [0.25, 0.3) is 5.91 Å². The molecule has 13 heavy (non-hydrogen) atoms. The highest BCUT2D eigenvalue weighted by molar-refractivity contribution is 9.10. The largest absolute Gasteiger partial charge is 0.350 e. The molecule has 1 rings (SSSR count). The molecule has 0 fully saturated rings. The van der Waals surface area contributed by atoms with E-state index in [2.05, 4.69) is 21.2 Å². The van der Waals surface area contributed by atoms with Crippen LogP contribution < -0.4 is 11.1 Å². The lowest BCUT2D eigenvalue weighted by molar-refractivity contribution is 0.0959. The van der Waals surface area contributed by atoms with Gasteiger partial charge in [0, 0.05) is 22.9 Å². The molecule has 0 saturated heterocycles. The van der Waals surface area contributed by atoms with Gasteiger partial charge in [-0.2, -0.15) is 0 Å². The number of hydrogen-bond acceptors (Lipinski definition) is 3. The molecule has 0 aliphatic heterocycles. The van der Waals surface area contributed by atoms with Crippen LogP contribution in [0.25, 0.3) is 0 Å². The van der Waals surface area contributed by atoms with Gasteiger partial charge in [0.2, 0.25) is 0 Å². The standard InChI is InChI=1S/C7H9BrN2OS.ClH/c8-5-3-6(12-4-5)7(11)10-2-1-9;/h3-4H,1-2,9H2,(H,10,11);1H. The molecule has 1 amide bonds. The summed E-state index contributed by atoms with van der Waals surface area (Å²) in [5.74, 6) is -0.0591. The van der Waals surface area contributed by atoms with Crippen LogP contribution in [-0.4, -0.2) is 19.0 Å². The van der Waals surface area contributed by atoms with Crippen LogP contribution in [-0.2, 0) is 0 Å². The molecule has 0 unspecified atom stereocenters. The number of carbonyl (C=O) groups excluding carboxylic acids is 1. The van der Waals surface area contributed by atoms with Crippen molar-refractivity contribution in [1.29, 1.82) is 0 Å². The molecule has 0 radical (unpaired) electrons. The summed E-state index contributed by atoms with van der Waals surface area (Å²) in [5.41, 5.74) is 5.24. The Morgan fingerprint density at radius 3 is 2.85 bits per heavy atom. The molecule has 0 saturated carbocycles. The SMILES string of the molecule is Cl.NCCNC(=O)c1cc(Br)cs1. The zero-order chi connectivity index (χ0) is 8.97. The Morgan fingerprint density at radius 2 is 2.38 bits per heavy atom. The Morgan fingerprint density at radius 1 is 1.69 bits per heavy atom. The second kappa shape index (κ2) is 6.37. The van der Waals surface area contributed by atoms with Gasteiger partial charge in [-0.05, 0) is 22.0 Å². The normalized spacial score (nSPS) is 9.08. The van der Waals surface area contributed by atoms with Crippen molar-refractivity contribution in [3.8, 4) is 0 Å². The van der Waals surface area contributed by atoms with Crippen LogP contribution >= 0.6 is 39.7 Å². The molecule has 74 valence electrons.